The molecule has 0 spiro atoms. The van der Waals surface area contributed by atoms with E-state index >= 15 is 0 Å². The minimum absolute atomic E-state index is 0.183. The standard InChI is InChI=1S/C16H21NO2/c1-12(2)19-16-7-5-4-6-15(16)13(3)17-10-14-8-9-18-11-14/h4-9,11-13,17H,10H2,1-3H3. The second-order valence-corrected chi connectivity index (χ2v) is 4.94. The van der Waals surface area contributed by atoms with E-state index in [1.807, 2.05) is 38.1 Å². The predicted molar refractivity (Wildman–Crippen MR) is 76.2 cm³/mol. The smallest absolute Gasteiger partial charge is 0.124 e. The molecule has 1 heterocycles. The SMILES string of the molecule is CC(C)Oc1ccccc1C(C)NCc1ccoc1. The first-order chi connectivity index (χ1) is 9.16. The van der Waals surface area contributed by atoms with Crippen LogP contribution in [0.25, 0.3) is 0 Å². The lowest BCUT2D eigenvalue weighted by Crippen LogP contribution is -2.19. The molecular formula is C16H21NO2. The number of rotatable bonds is 6. The molecule has 2 rings (SSSR count). The van der Waals surface area contributed by atoms with Crippen LogP contribution in [0.1, 0.15) is 37.9 Å². The molecule has 0 aliphatic carbocycles. The highest BCUT2D eigenvalue weighted by molar-refractivity contribution is 5.35. The summed E-state index contributed by atoms with van der Waals surface area (Å²) in [7, 11) is 0. The zero-order valence-electron chi connectivity index (χ0n) is 11.7. The molecule has 0 aliphatic heterocycles. The summed E-state index contributed by atoms with van der Waals surface area (Å²) >= 11 is 0. The zero-order chi connectivity index (χ0) is 13.7. The number of nitrogens with one attached hydrogen (secondary N) is 1. The van der Waals surface area contributed by atoms with E-state index in [9.17, 15) is 0 Å². The van der Waals surface area contributed by atoms with Crippen molar-refractivity contribution < 1.29 is 9.15 Å². The fourth-order valence-electron chi connectivity index (χ4n) is 1.97. The summed E-state index contributed by atoms with van der Waals surface area (Å²) in [5.74, 6) is 0.949. The van der Waals surface area contributed by atoms with Crippen LogP contribution >= 0.6 is 0 Å². The molecular weight excluding hydrogens is 238 g/mol. The zero-order valence-corrected chi connectivity index (χ0v) is 11.7. The van der Waals surface area contributed by atoms with E-state index in [1.54, 1.807) is 12.5 Å². The Labute approximate surface area is 114 Å². The molecule has 0 radical (unpaired) electrons. The molecule has 0 amide bonds. The topological polar surface area (TPSA) is 34.4 Å². The highest BCUT2D eigenvalue weighted by Crippen LogP contribution is 2.25. The monoisotopic (exact) mass is 259 g/mol. The molecule has 1 aromatic carbocycles. The Bertz CT molecular complexity index is 491. The summed E-state index contributed by atoms with van der Waals surface area (Å²) in [4.78, 5) is 0. The van der Waals surface area contributed by atoms with Gasteiger partial charge in [0.25, 0.3) is 0 Å². The number of para-hydroxylation sites is 1. The van der Waals surface area contributed by atoms with Crippen LogP contribution in [-0.4, -0.2) is 6.10 Å². The molecule has 3 nitrogen and oxygen atoms in total. The van der Waals surface area contributed by atoms with Crippen LogP contribution in [0, 0.1) is 0 Å². The van der Waals surface area contributed by atoms with Crippen molar-refractivity contribution in [3.05, 3.63) is 54.0 Å². The molecule has 2 aromatic rings. The molecule has 1 N–H and O–H groups in total. The highest BCUT2D eigenvalue weighted by Gasteiger charge is 2.11. The number of hydrogen-bond donors (Lipinski definition) is 1. The van der Waals surface area contributed by atoms with Gasteiger partial charge in [0, 0.05) is 23.7 Å². The van der Waals surface area contributed by atoms with E-state index in [0.29, 0.717) is 0 Å². The molecule has 0 saturated heterocycles. The van der Waals surface area contributed by atoms with Gasteiger partial charge in [-0.1, -0.05) is 18.2 Å². The first-order valence-electron chi connectivity index (χ1n) is 6.67. The van der Waals surface area contributed by atoms with E-state index in [-0.39, 0.29) is 12.1 Å². The lowest BCUT2D eigenvalue weighted by atomic mass is 10.1. The van der Waals surface area contributed by atoms with Crippen LogP contribution in [-0.2, 0) is 6.54 Å². The second kappa shape index (κ2) is 6.43. The van der Waals surface area contributed by atoms with Crippen LogP contribution in [0.5, 0.6) is 5.75 Å². The molecule has 0 aliphatic rings. The maximum Gasteiger partial charge on any atom is 0.124 e. The van der Waals surface area contributed by atoms with Crippen molar-refractivity contribution in [1.82, 2.24) is 5.32 Å². The van der Waals surface area contributed by atoms with E-state index < -0.39 is 0 Å². The van der Waals surface area contributed by atoms with Crippen molar-refractivity contribution in [2.24, 2.45) is 0 Å². The van der Waals surface area contributed by atoms with Crippen molar-refractivity contribution in [2.75, 3.05) is 0 Å². The summed E-state index contributed by atoms with van der Waals surface area (Å²) in [6.45, 7) is 7.01. The van der Waals surface area contributed by atoms with Crippen LogP contribution in [0.2, 0.25) is 0 Å². The second-order valence-electron chi connectivity index (χ2n) is 4.94. The third-order valence-electron chi connectivity index (χ3n) is 2.94. The Hall–Kier alpha value is -1.74. The van der Waals surface area contributed by atoms with E-state index in [2.05, 4.69) is 18.3 Å². The van der Waals surface area contributed by atoms with Crippen molar-refractivity contribution in [2.45, 2.75) is 39.5 Å². The number of furan rings is 1. The first kappa shape index (κ1) is 13.7. The van der Waals surface area contributed by atoms with E-state index in [4.69, 9.17) is 9.15 Å². The lowest BCUT2D eigenvalue weighted by Gasteiger charge is -2.19. The lowest BCUT2D eigenvalue weighted by molar-refractivity contribution is 0.238. The number of hydrogen-bond acceptors (Lipinski definition) is 3. The van der Waals surface area contributed by atoms with Gasteiger partial charge in [-0.3, -0.25) is 0 Å². The molecule has 1 unspecified atom stereocenters. The van der Waals surface area contributed by atoms with E-state index in [1.165, 1.54) is 5.56 Å². The Morgan fingerprint density at radius 1 is 1.16 bits per heavy atom. The number of benzene rings is 1. The van der Waals surface area contributed by atoms with Crippen LogP contribution in [0.3, 0.4) is 0 Å². The summed E-state index contributed by atoms with van der Waals surface area (Å²) < 4.78 is 10.9. The van der Waals surface area contributed by atoms with Gasteiger partial charge >= 0.3 is 0 Å². The average Bonchev–Trinajstić information content (AvgIpc) is 2.89. The van der Waals surface area contributed by atoms with Gasteiger partial charge in [-0.2, -0.15) is 0 Å². The third-order valence-corrected chi connectivity index (χ3v) is 2.94. The maximum atomic E-state index is 5.84. The molecule has 1 atom stereocenters. The predicted octanol–water partition coefficient (Wildman–Crippen LogP) is 3.92. The van der Waals surface area contributed by atoms with Gasteiger partial charge in [-0.15, -0.1) is 0 Å². The Morgan fingerprint density at radius 2 is 1.95 bits per heavy atom. The summed E-state index contributed by atoms with van der Waals surface area (Å²) in [5, 5.41) is 3.47. The molecule has 1 aromatic heterocycles. The quantitative estimate of drug-likeness (QED) is 0.854. The molecule has 0 bridgehead atoms. The van der Waals surface area contributed by atoms with Crippen molar-refractivity contribution in [3.8, 4) is 5.75 Å². The van der Waals surface area contributed by atoms with Gasteiger partial charge in [0.05, 0.1) is 18.6 Å². The maximum absolute atomic E-state index is 5.84. The molecule has 0 fully saturated rings. The Kier molecular flexibility index (Phi) is 4.63. The minimum atomic E-state index is 0.183. The molecule has 19 heavy (non-hydrogen) atoms. The average molecular weight is 259 g/mol. The molecule has 0 saturated carbocycles. The van der Waals surface area contributed by atoms with Crippen molar-refractivity contribution in [3.63, 3.8) is 0 Å². The third kappa shape index (κ3) is 3.86. The summed E-state index contributed by atoms with van der Waals surface area (Å²) in [6.07, 6.45) is 3.63. The Morgan fingerprint density at radius 3 is 2.63 bits per heavy atom. The Balaban J connectivity index is 2.03. The summed E-state index contributed by atoms with van der Waals surface area (Å²) in [5.41, 5.74) is 2.33. The van der Waals surface area contributed by atoms with Crippen LogP contribution in [0.15, 0.2) is 47.3 Å². The number of ether oxygens (including phenoxy) is 1. The fraction of sp³-hybridized carbons (Fsp3) is 0.375. The van der Waals surface area contributed by atoms with Gasteiger partial charge in [0.15, 0.2) is 0 Å². The normalized spacial score (nSPS) is 12.6. The van der Waals surface area contributed by atoms with E-state index in [0.717, 1.165) is 17.9 Å². The van der Waals surface area contributed by atoms with Crippen molar-refractivity contribution >= 4 is 0 Å². The van der Waals surface area contributed by atoms with Gasteiger partial charge in [0.2, 0.25) is 0 Å². The van der Waals surface area contributed by atoms with Gasteiger partial charge in [-0.25, -0.2) is 0 Å². The van der Waals surface area contributed by atoms with Crippen molar-refractivity contribution in [1.29, 1.82) is 0 Å². The van der Waals surface area contributed by atoms with Crippen LogP contribution < -0.4 is 10.1 Å². The largest absolute Gasteiger partial charge is 0.491 e. The minimum Gasteiger partial charge on any atom is -0.491 e. The van der Waals surface area contributed by atoms with Gasteiger partial charge in [-0.05, 0) is 32.9 Å². The molecule has 102 valence electrons. The van der Waals surface area contributed by atoms with Gasteiger partial charge in [0.1, 0.15) is 5.75 Å². The first-order valence-corrected chi connectivity index (χ1v) is 6.67. The fourth-order valence-corrected chi connectivity index (χ4v) is 1.97. The van der Waals surface area contributed by atoms with Gasteiger partial charge < -0.3 is 14.5 Å². The summed E-state index contributed by atoms with van der Waals surface area (Å²) in [6, 6.07) is 10.4. The highest BCUT2D eigenvalue weighted by atomic mass is 16.5. The molecule has 3 heteroatoms. The van der Waals surface area contributed by atoms with Crippen LogP contribution in [0.4, 0.5) is 0 Å².